The molecule has 134 valence electrons. The van der Waals surface area contributed by atoms with Gasteiger partial charge in [-0.05, 0) is 36.8 Å². The normalized spacial score (nSPS) is 10.5. The van der Waals surface area contributed by atoms with E-state index in [-0.39, 0.29) is 19.0 Å². The highest BCUT2D eigenvalue weighted by Crippen LogP contribution is 2.14. The van der Waals surface area contributed by atoms with Crippen molar-refractivity contribution < 1.29 is 23.5 Å². The molecule has 2 aromatic heterocycles. The van der Waals surface area contributed by atoms with Gasteiger partial charge in [0.2, 0.25) is 5.76 Å². The minimum atomic E-state index is -0.506. The van der Waals surface area contributed by atoms with Crippen molar-refractivity contribution in [2.75, 3.05) is 6.61 Å². The minimum absolute atomic E-state index is 0.141. The number of rotatable bonds is 7. The molecular formula is C20H19NO5. The van der Waals surface area contributed by atoms with Crippen LogP contribution in [0.1, 0.15) is 39.3 Å². The van der Waals surface area contributed by atoms with E-state index in [1.165, 1.54) is 0 Å². The van der Waals surface area contributed by atoms with Crippen LogP contribution in [0.2, 0.25) is 0 Å². The van der Waals surface area contributed by atoms with Crippen LogP contribution in [0.4, 0.5) is 0 Å². The number of carbonyl (C=O) groups is 2. The smallest absolute Gasteiger partial charge is 0.374 e. The molecule has 2 heterocycles. The number of benzene rings is 1. The molecule has 6 nitrogen and oxygen atoms in total. The summed E-state index contributed by atoms with van der Waals surface area (Å²) >= 11 is 0. The van der Waals surface area contributed by atoms with Gasteiger partial charge in [-0.25, -0.2) is 9.59 Å². The minimum Gasteiger partial charge on any atom is -0.460 e. The topological polar surface area (TPSA) is 70.7 Å². The maximum Gasteiger partial charge on any atom is 0.374 e. The predicted octanol–water partition coefficient (Wildman–Crippen LogP) is 3.66. The van der Waals surface area contributed by atoms with Crippen LogP contribution in [0.3, 0.4) is 0 Å². The molecule has 0 radical (unpaired) electrons. The second-order valence-corrected chi connectivity index (χ2v) is 5.57. The number of nitrogens with zero attached hydrogens (tertiary/aromatic N) is 1. The molecule has 0 aliphatic rings. The summed E-state index contributed by atoms with van der Waals surface area (Å²) in [6.45, 7) is 2.53. The zero-order valence-corrected chi connectivity index (χ0v) is 14.4. The van der Waals surface area contributed by atoms with E-state index in [2.05, 4.69) is 0 Å². The Kier molecular flexibility index (Phi) is 5.53. The molecule has 3 rings (SSSR count). The Morgan fingerprint density at radius 2 is 1.77 bits per heavy atom. The Labute approximate surface area is 150 Å². The summed E-state index contributed by atoms with van der Waals surface area (Å²) in [6.07, 6.45) is 1.76. The Bertz CT molecular complexity index is 879. The first-order valence-corrected chi connectivity index (χ1v) is 8.29. The zero-order chi connectivity index (χ0) is 18.4. The van der Waals surface area contributed by atoms with Gasteiger partial charge in [0.15, 0.2) is 0 Å². The van der Waals surface area contributed by atoms with Crippen LogP contribution >= 0.6 is 0 Å². The third-order valence-electron chi connectivity index (χ3n) is 3.72. The van der Waals surface area contributed by atoms with Gasteiger partial charge in [-0.15, -0.1) is 0 Å². The second kappa shape index (κ2) is 8.20. The summed E-state index contributed by atoms with van der Waals surface area (Å²) in [7, 11) is 0. The van der Waals surface area contributed by atoms with E-state index in [1.54, 1.807) is 42.0 Å². The fourth-order valence-electron chi connectivity index (χ4n) is 2.48. The summed E-state index contributed by atoms with van der Waals surface area (Å²) in [5.74, 6) is -0.242. The van der Waals surface area contributed by atoms with E-state index in [0.717, 1.165) is 5.56 Å². The number of aromatic nitrogens is 1. The Morgan fingerprint density at radius 1 is 0.962 bits per heavy atom. The van der Waals surface area contributed by atoms with Crippen molar-refractivity contribution in [3.05, 3.63) is 83.6 Å². The number of carbonyl (C=O) groups excluding carboxylic acids is 2. The summed E-state index contributed by atoms with van der Waals surface area (Å²) < 4.78 is 17.5. The van der Waals surface area contributed by atoms with E-state index in [0.29, 0.717) is 18.0 Å². The highest BCUT2D eigenvalue weighted by molar-refractivity contribution is 5.88. The Balaban J connectivity index is 1.65. The van der Waals surface area contributed by atoms with Gasteiger partial charge >= 0.3 is 11.9 Å². The van der Waals surface area contributed by atoms with Crippen molar-refractivity contribution in [1.82, 2.24) is 4.57 Å². The molecule has 0 amide bonds. The predicted molar refractivity (Wildman–Crippen MR) is 93.8 cm³/mol. The molecule has 26 heavy (non-hydrogen) atoms. The van der Waals surface area contributed by atoms with Crippen molar-refractivity contribution in [1.29, 1.82) is 0 Å². The third-order valence-corrected chi connectivity index (χ3v) is 3.72. The van der Waals surface area contributed by atoms with Gasteiger partial charge in [-0.3, -0.25) is 0 Å². The van der Waals surface area contributed by atoms with Crippen LogP contribution < -0.4 is 0 Å². The van der Waals surface area contributed by atoms with Crippen molar-refractivity contribution in [2.45, 2.75) is 20.1 Å². The summed E-state index contributed by atoms with van der Waals surface area (Å²) in [5.41, 5.74) is 1.33. The molecule has 6 heteroatoms. The Hall–Kier alpha value is -3.28. The average Bonchev–Trinajstić information content (AvgIpc) is 3.31. The van der Waals surface area contributed by atoms with Crippen molar-refractivity contribution in [3.63, 3.8) is 0 Å². The maximum atomic E-state index is 12.3. The molecule has 1 aromatic carbocycles. The highest BCUT2D eigenvalue weighted by Gasteiger charge is 2.16. The molecule has 0 bridgehead atoms. The quantitative estimate of drug-likeness (QED) is 0.606. The molecule has 0 saturated carbocycles. The highest BCUT2D eigenvalue weighted by atomic mass is 16.5. The molecule has 0 aliphatic heterocycles. The van der Waals surface area contributed by atoms with Crippen LogP contribution in [-0.2, 0) is 22.6 Å². The summed E-state index contributed by atoms with van der Waals surface area (Å²) in [6, 6.07) is 16.2. The lowest BCUT2D eigenvalue weighted by atomic mass is 10.2. The number of esters is 2. The lowest BCUT2D eigenvalue weighted by Crippen LogP contribution is -2.12. The van der Waals surface area contributed by atoms with E-state index in [1.807, 2.05) is 30.3 Å². The largest absolute Gasteiger partial charge is 0.460 e. The maximum absolute atomic E-state index is 12.3. The molecule has 0 unspecified atom stereocenters. The van der Waals surface area contributed by atoms with E-state index < -0.39 is 11.9 Å². The van der Waals surface area contributed by atoms with E-state index in [4.69, 9.17) is 13.9 Å². The Morgan fingerprint density at radius 3 is 2.54 bits per heavy atom. The van der Waals surface area contributed by atoms with Crippen LogP contribution in [0.25, 0.3) is 0 Å². The van der Waals surface area contributed by atoms with Gasteiger partial charge < -0.3 is 18.5 Å². The monoisotopic (exact) mass is 353 g/mol. The molecule has 0 spiro atoms. The number of hydrogen-bond donors (Lipinski definition) is 0. The van der Waals surface area contributed by atoms with Crippen LogP contribution in [0.15, 0.2) is 65.2 Å². The SMILES string of the molecule is CCOC(=O)c1ccc(Cn2cccc2C(=O)OCc2ccccc2)o1. The first-order chi connectivity index (χ1) is 12.7. The molecule has 0 N–H and O–H groups in total. The van der Waals surface area contributed by atoms with Gasteiger partial charge in [0.1, 0.15) is 18.1 Å². The van der Waals surface area contributed by atoms with Gasteiger partial charge in [-0.2, -0.15) is 0 Å². The van der Waals surface area contributed by atoms with Crippen molar-refractivity contribution in [2.24, 2.45) is 0 Å². The number of hydrogen-bond acceptors (Lipinski definition) is 5. The van der Waals surface area contributed by atoms with Gasteiger partial charge in [-0.1, -0.05) is 30.3 Å². The third kappa shape index (κ3) is 4.22. The fourth-order valence-corrected chi connectivity index (χ4v) is 2.48. The number of furan rings is 1. The molecule has 0 saturated heterocycles. The lowest BCUT2D eigenvalue weighted by molar-refractivity contribution is 0.0455. The molecule has 0 atom stereocenters. The fraction of sp³-hybridized carbons (Fsp3) is 0.200. The average molecular weight is 353 g/mol. The molecular weight excluding hydrogens is 334 g/mol. The van der Waals surface area contributed by atoms with Crippen LogP contribution in [0.5, 0.6) is 0 Å². The van der Waals surface area contributed by atoms with Crippen LogP contribution in [-0.4, -0.2) is 23.1 Å². The first kappa shape index (κ1) is 17.5. The lowest BCUT2D eigenvalue weighted by Gasteiger charge is -2.08. The molecule has 0 fully saturated rings. The first-order valence-electron chi connectivity index (χ1n) is 8.29. The zero-order valence-electron chi connectivity index (χ0n) is 14.4. The number of ether oxygens (including phenoxy) is 2. The van der Waals surface area contributed by atoms with Crippen molar-refractivity contribution in [3.8, 4) is 0 Å². The molecule has 3 aromatic rings. The van der Waals surface area contributed by atoms with Gasteiger partial charge in [0.25, 0.3) is 0 Å². The summed E-state index contributed by atoms with van der Waals surface area (Å²) in [4.78, 5) is 24.0. The van der Waals surface area contributed by atoms with Crippen LogP contribution in [0, 0.1) is 0 Å². The van der Waals surface area contributed by atoms with Gasteiger partial charge in [0, 0.05) is 6.20 Å². The van der Waals surface area contributed by atoms with Crippen molar-refractivity contribution >= 4 is 11.9 Å². The second-order valence-electron chi connectivity index (χ2n) is 5.57. The van der Waals surface area contributed by atoms with E-state index >= 15 is 0 Å². The van der Waals surface area contributed by atoms with E-state index in [9.17, 15) is 9.59 Å². The molecule has 0 aliphatic carbocycles. The summed E-state index contributed by atoms with van der Waals surface area (Å²) in [5, 5.41) is 0. The standard InChI is InChI=1S/C20H19NO5/c1-2-24-20(23)18-11-10-16(26-18)13-21-12-6-9-17(21)19(22)25-14-15-7-4-3-5-8-15/h3-12H,2,13-14H2,1H3. The van der Waals surface area contributed by atoms with Gasteiger partial charge in [0.05, 0.1) is 13.2 Å².